The number of carbonyl (C=O) groups excluding carboxylic acids is 1. The molecule has 0 radical (unpaired) electrons. The zero-order valence-electron chi connectivity index (χ0n) is 9.70. The second-order valence-electron chi connectivity index (χ2n) is 4.76. The summed E-state index contributed by atoms with van der Waals surface area (Å²) in [6, 6.07) is 9.59. The number of amides is 1. The molecule has 18 heavy (non-hydrogen) atoms. The van der Waals surface area contributed by atoms with Crippen molar-refractivity contribution in [2.75, 3.05) is 6.54 Å². The third kappa shape index (κ3) is 1.70. The number of benzene rings is 1. The Bertz CT molecular complexity index is 504. The van der Waals surface area contributed by atoms with Crippen molar-refractivity contribution in [3.05, 3.63) is 35.9 Å². The van der Waals surface area contributed by atoms with Gasteiger partial charge in [0.25, 0.3) is 0 Å². The Morgan fingerprint density at radius 1 is 1.44 bits per heavy atom. The van der Waals surface area contributed by atoms with Crippen LogP contribution in [0.3, 0.4) is 0 Å². The van der Waals surface area contributed by atoms with Crippen molar-refractivity contribution >= 4 is 23.6 Å². The number of hydrogen-bond acceptors (Lipinski definition) is 3. The lowest BCUT2D eigenvalue weighted by Crippen LogP contribution is -2.49. The number of carbonyl (C=O) groups is 2. The van der Waals surface area contributed by atoms with E-state index in [9.17, 15) is 14.7 Å². The summed E-state index contributed by atoms with van der Waals surface area (Å²) in [7, 11) is 0. The molecule has 2 aliphatic heterocycles. The second-order valence-corrected chi connectivity index (χ2v) is 6.32. The van der Waals surface area contributed by atoms with Gasteiger partial charge in [0, 0.05) is 6.54 Å². The van der Waals surface area contributed by atoms with Gasteiger partial charge in [-0.3, -0.25) is 9.59 Å². The van der Waals surface area contributed by atoms with E-state index in [4.69, 9.17) is 0 Å². The van der Waals surface area contributed by atoms with E-state index in [-0.39, 0.29) is 11.3 Å². The van der Waals surface area contributed by atoms with E-state index in [1.54, 1.807) is 4.90 Å². The molecule has 3 rings (SSSR count). The van der Waals surface area contributed by atoms with Crippen LogP contribution in [0.5, 0.6) is 0 Å². The maximum absolute atomic E-state index is 11.6. The number of rotatable bonds is 3. The van der Waals surface area contributed by atoms with Crippen molar-refractivity contribution < 1.29 is 14.7 Å². The minimum absolute atomic E-state index is 0.0670. The van der Waals surface area contributed by atoms with Gasteiger partial charge >= 0.3 is 5.97 Å². The van der Waals surface area contributed by atoms with Gasteiger partial charge in [-0.1, -0.05) is 30.3 Å². The first-order valence-corrected chi connectivity index (χ1v) is 6.73. The average molecular weight is 263 g/mol. The number of β-lactam (4-membered cyclic amide) rings is 1. The summed E-state index contributed by atoms with van der Waals surface area (Å²) in [5.41, 5.74) is 1.00. The molecule has 1 amide bonds. The van der Waals surface area contributed by atoms with E-state index < -0.39 is 10.7 Å². The molecule has 2 aliphatic rings. The number of fused-ring (bicyclic) bond motifs is 1. The summed E-state index contributed by atoms with van der Waals surface area (Å²) in [6.45, 7) is 0.325. The van der Waals surface area contributed by atoms with Crippen molar-refractivity contribution in [2.24, 2.45) is 0 Å². The molecular formula is C13H13NO3S. The van der Waals surface area contributed by atoms with Gasteiger partial charge < -0.3 is 10.0 Å². The molecule has 2 heterocycles. The Morgan fingerprint density at radius 3 is 2.72 bits per heavy atom. The van der Waals surface area contributed by atoms with E-state index in [2.05, 4.69) is 0 Å². The predicted molar refractivity (Wildman–Crippen MR) is 68.2 cm³/mol. The molecule has 2 fully saturated rings. The molecule has 94 valence electrons. The normalized spacial score (nSPS) is 29.9. The van der Waals surface area contributed by atoms with E-state index in [1.165, 1.54) is 11.8 Å². The fourth-order valence-electron chi connectivity index (χ4n) is 2.51. The van der Waals surface area contributed by atoms with Crippen LogP contribution >= 0.6 is 11.8 Å². The third-order valence-electron chi connectivity index (χ3n) is 3.53. The maximum atomic E-state index is 11.6. The van der Waals surface area contributed by atoms with Crippen molar-refractivity contribution in [1.82, 2.24) is 4.90 Å². The van der Waals surface area contributed by atoms with Crippen molar-refractivity contribution in [3.63, 3.8) is 0 Å². The molecule has 4 nitrogen and oxygen atoms in total. The van der Waals surface area contributed by atoms with Gasteiger partial charge in [0.2, 0.25) is 5.91 Å². The summed E-state index contributed by atoms with van der Waals surface area (Å²) in [5, 5.41) is 9.58. The molecule has 0 aliphatic carbocycles. The molecule has 1 N–H and O–H groups in total. The molecule has 2 saturated heterocycles. The smallest absolute Gasteiger partial charge is 0.322 e. The Morgan fingerprint density at radius 2 is 2.17 bits per heavy atom. The van der Waals surface area contributed by atoms with Crippen molar-refractivity contribution in [1.29, 1.82) is 0 Å². The fraction of sp³-hybridized carbons (Fsp3) is 0.385. The number of carboxylic acids is 1. The molecule has 2 atom stereocenters. The molecule has 1 aromatic carbocycles. The number of carboxylic acid groups (broad SMARTS) is 1. The van der Waals surface area contributed by atoms with Gasteiger partial charge in [0.1, 0.15) is 4.75 Å². The summed E-state index contributed by atoms with van der Waals surface area (Å²) in [5.74, 6) is -0.748. The molecule has 0 aromatic heterocycles. The summed E-state index contributed by atoms with van der Waals surface area (Å²) < 4.78 is -0.877. The van der Waals surface area contributed by atoms with E-state index >= 15 is 0 Å². The average Bonchev–Trinajstić information content (AvgIpc) is 2.65. The van der Waals surface area contributed by atoms with Crippen LogP contribution in [0.1, 0.15) is 12.0 Å². The lowest BCUT2D eigenvalue weighted by Gasteiger charge is -2.32. The lowest BCUT2D eigenvalue weighted by molar-refractivity contribution is -0.144. The summed E-state index contributed by atoms with van der Waals surface area (Å²) in [4.78, 5) is 24.7. The highest BCUT2D eigenvalue weighted by molar-refractivity contribution is 8.02. The van der Waals surface area contributed by atoms with Crippen molar-refractivity contribution in [3.8, 4) is 0 Å². The summed E-state index contributed by atoms with van der Waals surface area (Å²) >= 11 is 1.42. The van der Waals surface area contributed by atoms with Gasteiger partial charge in [0.05, 0.1) is 11.8 Å². The SMILES string of the molecule is O=C1C[C@H]2SC(Cc3ccccc3)(C(=O)O)CN12. The van der Waals surface area contributed by atoms with Gasteiger partial charge in [-0.25, -0.2) is 0 Å². The van der Waals surface area contributed by atoms with Gasteiger partial charge in [0.15, 0.2) is 0 Å². The number of hydrogen-bond donors (Lipinski definition) is 1. The highest BCUT2D eigenvalue weighted by Gasteiger charge is 2.56. The monoisotopic (exact) mass is 263 g/mol. The molecule has 0 spiro atoms. The van der Waals surface area contributed by atoms with E-state index in [0.717, 1.165) is 5.56 Å². The number of thioether (sulfide) groups is 1. The van der Waals surface area contributed by atoms with Gasteiger partial charge in [-0.05, 0) is 12.0 Å². The summed E-state index contributed by atoms with van der Waals surface area (Å²) in [6.07, 6.45) is 0.947. The number of nitrogens with zero attached hydrogens (tertiary/aromatic N) is 1. The van der Waals surface area contributed by atoms with Crippen LogP contribution in [0.4, 0.5) is 0 Å². The quantitative estimate of drug-likeness (QED) is 0.837. The first kappa shape index (κ1) is 11.6. The first-order chi connectivity index (χ1) is 8.61. The van der Waals surface area contributed by atoms with Gasteiger partial charge in [-0.2, -0.15) is 0 Å². The Kier molecular flexibility index (Phi) is 2.59. The van der Waals surface area contributed by atoms with Crippen LogP contribution in [0.2, 0.25) is 0 Å². The molecule has 5 heteroatoms. The Hall–Kier alpha value is -1.49. The standard InChI is InChI=1S/C13H13NO3S/c15-10-6-11-14(10)8-13(18-11,12(16)17)7-9-4-2-1-3-5-9/h1-5,11H,6-8H2,(H,16,17)/t11-,13?/m1/s1. The van der Waals surface area contributed by atoms with Crippen LogP contribution in [0.25, 0.3) is 0 Å². The molecular weight excluding hydrogens is 250 g/mol. The minimum Gasteiger partial charge on any atom is -0.480 e. The zero-order chi connectivity index (χ0) is 12.8. The fourth-order valence-corrected chi connectivity index (χ4v) is 4.14. The van der Waals surface area contributed by atoms with E-state index in [1.807, 2.05) is 30.3 Å². The van der Waals surface area contributed by atoms with Crippen LogP contribution in [-0.2, 0) is 16.0 Å². The third-order valence-corrected chi connectivity index (χ3v) is 5.12. The number of aliphatic carboxylic acids is 1. The van der Waals surface area contributed by atoms with E-state index in [0.29, 0.717) is 19.4 Å². The predicted octanol–water partition coefficient (Wildman–Crippen LogP) is 1.36. The van der Waals surface area contributed by atoms with Crippen LogP contribution in [0, 0.1) is 0 Å². The Balaban J connectivity index is 1.85. The largest absolute Gasteiger partial charge is 0.480 e. The van der Waals surface area contributed by atoms with Crippen LogP contribution in [0.15, 0.2) is 30.3 Å². The molecule has 1 unspecified atom stereocenters. The van der Waals surface area contributed by atoms with Crippen molar-refractivity contribution in [2.45, 2.75) is 23.0 Å². The minimum atomic E-state index is -0.877. The molecule has 0 bridgehead atoms. The zero-order valence-corrected chi connectivity index (χ0v) is 10.5. The molecule has 0 saturated carbocycles. The maximum Gasteiger partial charge on any atom is 0.322 e. The van der Waals surface area contributed by atoms with Gasteiger partial charge in [-0.15, -0.1) is 11.8 Å². The van der Waals surface area contributed by atoms with Crippen LogP contribution in [-0.4, -0.2) is 38.5 Å². The first-order valence-electron chi connectivity index (χ1n) is 5.85. The topological polar surface area (TPSA) is 57.6 Å². The Labute approximate surface area is 109 Å². The highest BCUT2D eigenvalue weighted by atomic mass is 32.2. The highest BCUT2D eigenvalue weighted by Crippen LogP contribution is 2.48. The van der Waals surface area contributed by atoms with Crippen LogP contribution < -0.4 is 0 Å². The lowest BCUT2D eigenvalue weighted by atomic mass is 9.97. The second kappa shape index (κ2) is 4.02. The molecule has 1 aromatic rings.